The molecule has 31 heavy (non-hydrogen) atoms. The Morgan fingerprint density at radius 3 is 2.61 bits per heavy atom. The molecule has 1 amide bonds. The van der Waals surface area contributed by atoms with Gasteiger partial charge in [0.25, 0.3) is 5.91 Å². The molecule has 0 unspecified atom stereocenters. The number of pyridine rings is 1. The second-order valence-electron chi connectivity index (χ2n) is 6.94. The van der Waals surface area contributed by atoms with Crippen LogP contribution in [0.5, 0.6) is 11.5 Å². The van der Waals surface area contributed by atoms with E-state index in [9.17, 15) is 4.79 Å². The van der Waals surface area contributed by atoms with Gasteiger partial charge < -0.3 is 9.47 Å². The Hall–Kier alpha value is -3.45. The van der Waals surface area contributed by atoms with Gasteiger partial charge in [-0.05, 0) is 50.2 Å². The summed E-state index contributed by atoms with van der Waals surface area (Å²) in [5.74, 6) is 1.17. The number of carbonyl (C=O) groups is 1. The first-order valence-electron chi connectivity index (χ1n) is 10.1. The van der Waals surface area contributed by atoms with Crippen LogP contribution in [0.2, 0.25) is 0 Å². The van der Waals surface area contributed by atoms with Crippen LogP contribution < -0.4 is 14.4 Å². The molecule has 0 aliphatic carbocycles. The first-order valence-corrected chi connectivity index (χ1v) is 10.9. The number of nitrogens with zero attached hydrogens (tertiary/aromatic N) is 3. The molecule has 2 heterocycles. The van der Waals surface area contributed by atoms with Gasteiger partial charge in [-0.3, -0.25) is 14.7 Å². The van der Waals surface area contributed by atoms with Gasteiger partial charge in [0, 0.05) is 6.20 Å². The maximum atomic E-state index is 13.2. The fraction of sp³-hybridized carbons (Fsp3) is 0.208. The van der Waals surface area contributed by atoms with Gasteiger partial charge in [0.2, 0.25) is 0 Å². The molecule has 0 spiro atoms. The number of benzene rings is 2. The molecule has 0 N–H and O–H groups in total. The second kappa shape index (κ2) is 9.57. The van der Waals surface area contributed by atoms with Crippen molar-refractivity contribution in [2.45, 2.75) is 20.4 Å². The molecule has 0 fully saturated rings. The SMILES string of the molecule is CCOc1cccc2sc(N(Cc3ccccn3)C(=O)COc3ccc(C)cc3)nc12. The number of anilines is 1. The molecule has 6 nitrogen and oxygen atoms in total. The molecule has 7 heteroatoms. The van der Waals surface area contributed by atoms with Crippen LogP contribution in [-0.4, -0.2) is 29.1 Å². The lowest BCUT2D eigenvalue weighted by molar-refractivity contribution is -0.120. The number of rotatable bonds is 8. The molecule has 4 aromatic rings. The van der Waals surface area contributed by atoms with Crippen molar-refractivity contribution < 1.29 is 14.3 Å². The maximum absolute atomic E-state index is 13.2. The summed E-state index contributed by atoms with van der Waals surface area (Å²) in [6.07, 6.45) is 1.71. The number of amides is 1. The highest BCUT2D eigenvalue weighted by Gasteiger charge is 2.22. The Balaban J connectivity index is 1.62. The van der Waals surface area contributed by atoms with Crippen LogP contribution in [0, 0.1) is 6.92 Å². The molecule has 158 valence electrons. The second-order valence-corrected chi connectivity index (χ2v) is 7.94. The lowest BCUT2D eigenvalue weighted by Crippen LogP contribution is -2.34. The maximum Gasteiger partial charge on any atom is 0.267 e. The van der Waals surface area contributed by atoms with Gasteiger partial charge in [0.05, 0.1) is 23.5 Å². The Kier molecular flexibility index (Phi) is 6.43. The van der Waals surface area contributed by atoms with Crippen LogP contribution in [0.3, 0.4) is 0 Å². The van der Waals surface area contributed by atoms with Crippen LogP contribution in [0.25, 0.3) is 10.2 Å². The highest BCUT2D eigenvalue weighted by Crippen LogP contribution is 2.34. The van der Waals surface area contributed by atoms with Crippen molar-refractivity contribution in [2.24, 2.45) is 0 Å². The zero-order valence-corrected chi connectivity index (χ0v) is 18.3. The number of aryl methyl sites for hydroxylation is 1. The van der Waals surface area contributed by atoms with Crippen LogP contribution in [0.1, 0.15) is 18.2 Å². The monoisotopic (exact) mass is 433 g/mol. The largest absolute Gasteiger partial charge is 0.492 e. The van der Waals surface area contributed by atoms with E-state index in [1.165, 1.54) is 11.3 Å². The standard InChI is InChI=1S/C24H23N3O3S/c1-3-29-20-8-6-9-21-23(20)26-24(31-21)27(15-18-7-4-5-14-25-18)22(28)16-30-19-12-10-17(2)11-13-19/h4-14H,3,15-16H2,1-2H3. The van der Waals surface area contributed by atoms with Crippen molar-refractivity contribution >= 4 is 32.6 Å². The van der Waals surface area contributed by atoms with Crippen LogP contribution >= 0.6 is 11.3 Å². The van der Waals surface area contributed by atoms with Crippen molar-refractivity contribution in [3.8, 4) is 11.5 Å². The van der Waals surface area contributed by atoms with Crippen molar-refractivity contribution in [3.63, 3.8) is 0 Å². The Labute approximate surface area is 185 Å². The highest BCUT2D eigenvalue weighted by molar-refractivity contribution is 7.22. The first kappa shape index (κ1) is 20.8. The minimum absolute atomic E-state index is 0.0931. The molecular weight excluding hydrogens is 410 g/mol. The van der Waals surface area contributed by atoms with Crippen LogP contribution in [0.4, 0.5) is 5.13 Å². The topological polar surface area (TPSA) is 64.5 Å². The van der Waals surface area contributed by atoms with Crippen molar-refractivity contribution in [3.05, 3.63) is 78.1 Å². The van der Waals surface area contributed by atoms with Gasteiger partial charge in [-0.25, -0.2) is 4.98 Å². The molecule has 4 rings (SSSR count). The summed E-state index contributed by atoms with van der Waals surface area (Å²) >= 11 is 1.45. The van der Waals surface area contributed by atoms with E-state index in [-0.39, 0.29) is 12.5 Å². The Bertz CT molecular complexity index is 1160. The predicted molar refractivity (Wildman–Crippen MR) is 123 cm³/mol. The van der Waals surface area contributed by atoms with Gasteiger partial charge in [0.1, 0.15) is 17.0 Å². The quantitative estimate of drug-likeness (QED) is 0.391. The van der Waals surface area contributed by atoms with E-state index in [1.807, 2.05) is 74.5 Å². The number of thiazole rings is 1. The summed E-state index contributed by atoms with van der Waals surface area (Å²) < 4.78 is 12.4. The molecule has 0 aliphatic rings. The summed E-state index contributed by atoms with van der Waals surface area (Å²) in [4.78, 5) is 23.9. The number of para-hydroxylation sites is 1. The number of carbonyl (C=O) groups excluding carboxylic acids is 1. The molecular formula is C24H23N3O3S. The van der Waals surface area contributed by atoms with E-state index in [4.69, 9.17) is 14.5 Å². The van der Waals surface area contributed by atoms with Crippen molar-refractivity contribution in [2.75, 3.05) is 18.1 Å². The van der Waals surface area contributed by atoms with E-state index >= 15 is 0 Å². The average Bonchev–Trinajstić information content (AvgIpc) is 3.23. The third-order valence-corrected chi connectivity index (χ3v) is 5.68. The number of hydrogen-bond donors (Lipinski definition) is 0. The first-order chi connectivity index (χ1) is 15.1. The summed E-state index contributed by atoms with van der Waals surface area (Å²) in [5, 5.41) is 0.588. The number of fused-ring (bicyclic) bond motifs is 1. The van der Waals surface area contributed by atoms with Gasteiger partial charge in [-0.1, -0.05) is 41.2 Å². The summed E-state index contributed by atoms with van der Waals surface area (Å²) in [6.45, 7) is 4.70. The highest BCUT2D eigenvalue weighted by atomic mass is 32.1. The lowest BCUT2D eigenvalue weighted by atomic mass is 10.2. The van der Waals surface area contributed by atoms with Crippen LogP contribution in [-0.2, 0) is 11.3 Å². The molecule has 2 aromatic carbocycles. The van der Waals surface area contributed by atoms with Crippen LogP contribution in [0.15, 0.2) is 66.9 Å². The molecule has 0 saturated carbocycles. The minimum Gasteiger partial charge on any atom is -0.492 e. The van der Waals surface area contributed by atoms with Gasteiger partial charge >= 0.3 is 0 Å². The van der Waals surface area contributed by atoms with Gasteiger partial charge in [-0.15, -0.1) is 0 Å². The number of ether oxygens (including phenoxy) is 2. The summed E-state index contributed by atoms with van der Waals surface area (Å²) in [7, 11) is 0. The average molecular weight is 434 g/mol. The fourth-order valence-corrected chi connectivity index (χ4v) is 4.07. The van der Waals surface area contributed by atoms with Crippen molar-refractivity contribution in [1.82, 2.24) is 9.97 Å². The van der Waals surface area contributed by atoms with Crippen molar-refractivity contribution in [1.29, 1.82) is 0 Å². The van der Waals surface area contributed by atoms with E-state index in [1.54, 1.807) is 11.1 Å². The Morgan fingerprint density at radius 1 is 1.03 bits per heavy atom. The third-order valence-electron chi connectivity index (χ3n) is 4.63. The predicted octanol–water partition coefficient (Wildman–Crippen LogP) is 5.01. The molecule has 0 aliphatic heterocycles. The van der Waals surface area contributed by atoms with E-state index in [0.29, 0.717) is 29.8 Å². The number of hydrogen-bond acceptors (Lipinski definition) is 6. The Morgan fingerprint density at radius 2 is 1.87 bits per heavy atom. The smallest absolute Gasteiger partial charge is 0.267 e. The van der Waals surface area contributed by atoms with E-state index in [0.717, 1.165) is 21.5 Å². The van der Waals surface area contributed by atoms with E-state index in [2.05, 4.69) is 4.98 Å². The molecule has 0 saturated heterocycles. The summed E-state index contributed by atoms with van der Waals surface area (Å²) in [5.41, 5.74) is 2.66. The zero-order valence-electron chi connectivity index (χ0n) is 17.4. The minimum atomic E-state index is -0.191. The number of aromatic nitrogens is 2. The lowest BCUT2D eigenvalue weighted by Gasteiger charge is -2.19. The van der Waals surface area contributed by atoms with Gasteiger partial charge in [0.15, 0.2) is 11.7 Å². The molecule has 2 aromatic heterocycles. The molecule has 0 radical (unpaired) electrons. The zero-order chi connectivity index (χ0) is 21.6. The van der Waals surface area contributed by atoms with E-state index < -0.39 is 0 Å². The van der Waals surface area contributed by atoms with Gasteiger partial charge in [-0.2, -0.15) is 0 Å². The molecule has 0 atom stereocenters. The fourth-order valence-electron chi connectivity index (χ4n) is 3.07. The normalized spacial score (nSPS) is 10.8. The summed E-state index contributed by atoms with van der Waals surface area (Å²) in [6, 6.07) is 19.1. The molecule has 0 bridgehead atoms. The third kappa shape index (κ3) is 5.00.